The van der Waals surface area contributed by atoms with E-state index < -0.39 is 0 Å². The van der Waals surface area contributed by atoms with Crippen LogP contribution in [0.15, 0.2) is 30.3 Å². The van der Waals surface area contributed by atoms with E-state index in [9.17, 15) is 9.90 Å². The van der Waals surface area contributed by atoms with Crippen molar-refractivity contribution in [2.45, 2.75) is 44.3 Å². The molecule has 25 heavy (non-hydrogen) atoms. The Labute approximate surface area is 150 Å². The van der Waals surface area contributed by atoms with Crippen LogP contribution in [0.4, 0.5) is 4.79 Å². The van der Waals surface area contributed by atoms with Crippen LogP contribution in [-0.4, -0.2) is 59.3 Å². The molecule has 3 fully saturated rings. The first-order valence-electron chi connectivity index (χ1n) is 9.69. The van der Waals surface area contributed by atoms with E-state index in [2.05, 4.69) is 40.5 Å². The van der Waals surface area contributed by atoms with Crippen LogP contribution in [0.25, 0.3) is 0 Å². The zero-order chi connectivity index (χ0) is 17.2. The summed E-state index contributed by atoms with van der Waals surface area (Å²) in [5, 5.41) is 12.7. The number of carbonyl (C=O) groups is 1. The number of fused-ring (bicyclic) bond motifs is 1. The largest absolute Gasteiger partial charge is 0.394 e. The van der Waals surface area contributed by atoms with Gasteiger partial charge in [-0.3, -0.25) is 4.90 Å². The Morgan fingerprint density at radius 2 is 2.00 bits per heavy atom. The van der Waals surface area contributed by atoms with Crippen LogP contribution in [0, 0.1) is 11.8 Å². The van der Waals surface area contributed by atoms with Crippen molar-refractivity contribution < 1.29 is 9.90 Å². The molecule has 1 aliphatic carbocycles. The van der Waals surface area contributed by atoms with Crippen molar-refractivity contribution in [3.05, 3.63) is 35.9 Å². The van der Waals surface area contributed by atoms with E-state index in [-0.39, 0.29) is 18.7 Å². The van der Waals surface area contributed by atoms with Crippen molar-refractivity contribution in [2.24, 2.45) is 11.8 Å². The van der Waals surface area contributed by atoms with Gasteiger partial charge in [-0.2, -0.15) is 0 Å². The predicted octanol–water partition coefficient (Wildman–Crippen LogP) is 2.06. The lowest BCUT2D eigenvalue weighted by atomic mass is 9.98. The van der Waals surface area contributed by atoms with Crippen LogP contribution >= 0.6 is 0 Å². The Bertz CT molecular complexity index is 594. The highest BCUT2D eigenvalue weighted by Crippen LogP contribution is 2.38. The Morgan fingerprint density at radius 1 is 1.16 bits per heavy atom. The van der Waals surface area contributed by atoms with Crippen LogP contribution < -0.4 is 5.32 Å². The molecule has 0 aromatic heterocycles. The summed E-state index contributed by atoms with van der Waals surface area (Å²) in [4.78, 5) is 17.0. The van der Waals surface area contributed by atoms with E-state index in [1.54, 1.807) is 0 Å². The van der Waals surface area contributed by atoms with Gasteiger partial charge in [-0.1, -0.05) is 30.3 Å². The minimum atomic E-state index is 0.00959. The number of hydrogen-bond donors (Lipinski definition) is 2. The molecule has 2 aliphatic heterocycles. The van der Waals surface area contributed by atoms with Crippen LogP contribution in [0.2, 0.25) is 0 Å². The Hall–Kier alpha value is -1.59. The second kappa shape index (κ2) is 7.34. The number of aliphatic hydroxyl groups is 1. The molecule has 4 rings (SSSR count). The summed E-state index contributed by atoms with van der Waals surface area (Å²) >= 11 is 0. The molecule has 1 aromatic rings. The maximum atomic E-state index is 12.6. The molecule has 0 radical (unpaired) electrons. The van der Waals surface area contributed by atoms with Crippen molar-refractivity contribution in [3.8, 4) is 0 Å². The highest BCUT2D eigenvalue weighted by atomic mass is 16.3. The molecule has 2 saturated heterocycles. The molecule has 1 saturated carbocycles. The predicted molar refractivity (Wildman–Crippen MR) is 97.1 cm³/mol. The highest BCUT2D eigenvalue weighted by molar-refractivity contribution is 5.75. The minimum absolute atomic E-state index is 0.00959. The van der Waals surface area contributed by atoms with Crippen molar-refractivity contribution in [3.63, 3.8) is 0 Å². The summed E-state index contributed by atoms with van der Waals surface area (Å²) in [6.45, 7) is 4.09. The lowest BCUT2D eigenvalue weighted by molar-refractivity contribution is 0.152. The Kier molecular flexibility index (Phi) is 4.95. The fourth-order valence-electron chi connectivity index (χ4n) is 5.04. The van der Waals surface area contributed by atoms with E-state index in [1.165, 1.54) is 12.0 Å². The van der Waals surface area contributed by atoms with Gasteiger partial charge < -0.3 is 15.3 Å². The standard InChI is InChI=1S/C20H29N3O2/c24-14-17-7-4-10-23(17)20(25)21-19-9-8-16-12-22(13-18(16)19)11-15-5-2-1-3-6-15/h1-3,5-6,16-19,24H,4,7-14H2,(H,21,25)/t16-,17-,18-,19-/m1/s1. The first-order valence-corrected chi connectivity index (χ1v) is 9.69. The summed E-state index contributed by atoms with van der Waals surface area (Å²) in [5.41, 5.74) is 1.37. The van der Waals surface area contributed by atoms with E-state index in [0.717, 1.165) is 45.4 Å². The van der Waals surface area contributed by atoms with Crippen molar-refractivity contribution in [1.29, 1.82) is 0 Å². The molecule has 3 aliphatic rings. The molecule has 0 bridgehead atoms. The van der Waals surface area contributed by atoms with Gasteiger partial charge in [-0.25, -0.2) is 4.79 Å². The SMILES string of the molecule is O=C(N[C@@H]1CC[C@@H]2CN(Cc3ccccc3)C[C@H]21)N1CCC[C@@H]1CO. The number of likely N-dealkylation sites (tertiary alicyclic amines) is 2. The third-order valence-corrected chi connectivity index (χ3v) is 6.34. The topological polar surface area (TPSA) is 55.8 Å². The first kappa shape index (κ1) is 16.9. The van der Waals surface area contributed by atoms with Crippen molar-refractivity contribution >= 4 is 6.03 Å². The average molecular weight is 343 g/mol. The van der Waals surface area contributed by atoms with Gasteiger partial charge in [0.1, 0.15) is 0 Å². The number of nitrogens with zero attached hydrogens (tertiary/aromatic N) is 2. The number of benzene rings is 1. The smallest absolute Gasteiger partial charge is 0.317 e. The molecule has 136 valence electrons. The number of hydrogen-bond acceptors (Lipinski definition) is 3. The van der Waals surface area contributed by atoms with Gasteiger partial charge in [0.15, 0.2) is 0 Å². The quantitative estimate of drug-likeness (QED) is 0.880. The summed E-state index contributed by atoms with van der Waals surface area (Å²) in [6, 6.07) is 11.0. The van der Waals surface area contributed by atoms with E-state index in [4.69, 9.17) is 0 Å². The molecular weight excluding hydrogens is 314 g/mol. The van der Waals surface area contributed by atoms with Gasteiger partial charge in [-0.05, 0) is 43.1 Å². The van der Waals surface area contributed by atoms with E-state index in [0.29, 0.717) is 17.9 Å². The monoisotopic (exact) mass is 343 g/mol. The fraction of sp³-hybridized carbons (Fsp3) is 0.650. The zero-order valence-electron chi connectivity index (χ0n) is 14.8. The van der Waals surface area contributed by atoms with Crippen molar-refractivity contribution in [2.75, 3.05) is 26.2 Å². The molecular formula is C20H29N3O2. The third-order valence-electron chi connectivity index (χ3n) is 6.34. The number of rotatable bonds is 4. The zero-order valence-corrected chi connectivity index (χ0v) is 14.8. The van der Waals surface area contributed by atoms with E-state index >= 15 is 0 Å². The lowest BCUT2D eigenvalue weighted by Crippen LogP contribution is -2.49. The number of aliphatic hydroxyl groups excluding tert-OH is 1. The second-order valence-corrected chi connectivity index (χ2v) is 7.91. The van der Waals surface area contributed by atoms with E-state index in [1.807, 2.05) is 4.90 Å². The summed E-state index contributed by atoms with van der Waals surface area (Å²) in [6.07, 6.45) is 4.23. The van der Waals surface area contributed by atoms with Crippen LogP contribution in [0.1, 0.15) is 31.2 Å². The van der Waals surface area contributed by atoms with Gasteiger partial charge in [0.2, 0.25) is 0 Å². The van der Waals surface area contributed by atoms with Gasteiger partial charge in [0.05, 0.1) is 12.6 Å². The molecule has 2 heterocycles. The molecule has 4 atom stereocenters. The fourth-order valence-corrected chi connectivity index (χ4v) is 5.04. The highest BCUT2D eigenvalue weighted by Gasteiger charge is 2.43. The number of nitrogens with one attached hydrogen (secondary N) is 1. The molecule has 5 nitrogen and oxygen atoms in total. The molecule has 5 heteroatoms. The van der Waals surface area contributed by atoms with Crippen LogP contribution in [0.5, 0.6) is 0 Å². The van der Waals surface area contributed by atoms with Crippen LogP contribution in [-0.2, 0) is 6.54 Å². The third kappa shape index (κ3) is 3.53. The van der Waals surface area contributed by atoms with Gasteiger partial charge in [-0.15, -0.1) is 0 Å². The summed E-state index contributed by atoms with van der Waals surface area (Å²) in [5.74, 6) is 1.28. The number of urea groups is 1. The first-order chi connectivity index (χ1) is 12.2. The van der Waals surface area contributed by atoms with Crippen LogP contribution in [0.3, 0.4) is 0 Å². The maximum Gasteiger partial charge on any atom is 0.317 e. The van der Waals surface area contributed by atoms with Crippen molar-refractivity contribution in [1.82, 2.24) is 15.1 Å². The van der Waals surface area contributed by atoms with Gasteiger partial charge in [0, 0.05) is 32.2 Å². The Morgan fingerprint density at radius 3 is 2.80 bits per heavy atom. The molecule has 2 amide bonds. The second-order valence-electron chi connectivity index (χ2n) is 7.91. The molecule has 1 aromatic carbocycles. The summed E-state index contributed by atoms with van der Waals surface area (Å²) in [7, 11) is 0. The average Bonchev–Trinajstić information content (AvgIpc) is 3.32. The Balaban J connectivity index is 1.33. The van der Waals surface area contributed by atoms with Gasteiger partial charge in [0.25, 0.3) is 0 Å². The molecule has 0 unspecified atom stereocenters. The number of carbonyl (C=O) groups excluding carboxylic acids is 1. The van der Waals surface area contributed by atoms with Gasteiger partial charge >= 0.3 is 6.03 Å². The molecule has 0 spiro atoms. The normalized spacial score (nSPS) is 32.1. The molecule has 2 N–H and O–H groups in total. The lowest BCUT2D eigenvalue weighted by Gasteiger charge is -2.28. The number of amides is 2. The summed E-state index contributed by atoms with van der Waals surface area (Å²) < 4.78 is 0. The maximum absolute atomic E-state index is 12.6. The minimum Gasteiger partial charge on any atom is -0.394 e.